The first-order chi connectivity index (χ1) is 14.8. The average Bonchev–Trinajstić information content (AvgIpc) is 3.16. The van der Waals surface area contributed by atoms with Crippen LogP contribution in [0.25, 0.3) is 42.8 Å². The number of fused-ring (bicyclic) bond motifs is 3. The van der Waals surface area contributed by atoms with Crippen molar-refractivity contribution >= 4 is 31.8 Å². The third kappa shape index (κ3) is 2.99. The second-order valence-electron chi connectivity index (χ2n) is 6.77. The molecule has 0 fully saturated rings. The average molecular weight is 407 g/mol. The van der Waals surface area contributed by atoms with E-state index in [1.165, 1.54) is 0 Å². The van der Waals surface area contributed by atoms with E-state index in [2.05, 4.69) is 12.1 Å². The van der Waals surface area contributed by atoms with E-state index < -0.39 is 0 Å². The lowest BCUT2D eigenvalue weighted by molar-refractivity contribution is 0.327. The van der Waals surface area contributed by atoms with E-state index in [1.54, 1.807) is 11.3 Å². The van der Waals surface area contributed by atoms with Crippen LogP contribution in [0.2, 0.25) is 0 Å². The SMILES string of the molecule is CCOc1nc2sc3ccc(-c4ccccc4)nc3c2c(-c2ccccc2)c1C#N. The lowest BCUT2D eigenvalue weighted by Gasteiger charge is -2.11. The van der Waals surface area contributed by atoms with Gasteiger partial charge in [-0.2, -0.15) is 5.26 Å². The Morgan fingerprint density at radius 1 is 0.900 bits per heavy atom. The van der Waals surface area contributed by atoms with Crippen LogP contribution < -0.4 is 4.74 Å². The highest BCUT2D eigenvalue weighted by molar-refractivity contribution is 7.25. The number of rotatable bonds is 4. The number of aromatic nitrogens is 2. The van der Waals surface area contributed by atoms with Gasteiger partial charge in [0.25, 0.3) is 0 Å². The fourth-order valence-corrected chi connectivity index (χ4v) is 4.67. The van der Waals surface area contributed by atoms with Crippen molar-refractivity contribution in [1.82, 2.24) is 9.97 Å². The van der Waals surface area contributed by atoms with Gasteiger partial charge in [-0.3, -0.25) is 0 Å². The smallest absolute Gasteiger partial charge is 0.233 e. The minimum Gasteiger partial charge on any atom is -0.477 e. The minimum absolute atomic E-state index is 0.376. The van der Waals surface area contributed by atoms with Crippen molar-refractivity contribution < 1.29 is 4.74 Å². The summed E-state index contributed by atoms with van der Waals surface area (Å²) >= 11 is 1.57. The van der Waals surface area contributed by atoms with Gasteiger partial charge in [0.15, 0.2) is 0 Å². The maximum atomic E-state index is 10.0. The first-order valence-electron chi connectivity index (χ1n) is 9.71. The van der Waals surface area contributed by atoms with Gasteiger partial charge >= 0.3 is 0 Å². The Labute approximate surface area is 178 Å². The van der Waals surface area contributed by atoms with Crippen molar-refractivity contribution in [3.05, 3.63) is 78.4 Å². The Kier molecular flexibility index (Phi) is 4.62. The van der Waals surface area contributed by atoms with Crippen molar-refractivity contribution in [1.29, 1.82) is 5.26 Å². The number of benzene rings is 2. The summed E-state index contributed by atoms with van der Waals surface area (Å²) < 4.78 is 6.77. The van der Waals surface area contributed by atoms with Crippen molar-refractivity contribution in [2.45, 2.75) is 6.92 Å². The number of hydrogen-bond donors (Lipinski definition) is 0. The molecule has 4 nitrogen and oxygen atoms in total. The molecule has 5 heteroatoms. The molecule has 0 atom stereocenters. The van der Waals surface area contributed by atoms with Crippen LogP contribution in [0.1, 0.15) is 12.5 Å². The number of pyridine rings is 2. The van der Waals surface area contributed by atoms with E-state index in [4.69, 9.17) is 14.7 Å². The quantitative estimate of drug-likeness (QED) is 0.343. The van der Waals surface area contributed by atoms with E-state index in [1.807, 2.05) is 73.7 Å². The first kappa shape index (κ1) is 18.3. The van der Waals surface area contributed by atoms with Crippen molar-refractivity contribution in [3.8, 4) is 34.3 Å². The lowest BCUT2D eigenvalue weighted by atomic mass is 9.98. The highest BCUT2D eigenvalue weighted by atomic mass is 32.1. The van der Waals surface area contributed by atoms with Crippen LogP contribution in [-0.4, -0.2) is 16.6 Å². The highest BCUT2D eigenvalue weighted by Gasteiger charge is 2.22. The molecule has 3 heterocycles. The van der Waals surface area contributed by atoms with Gasteiger partial charge < -0.3 is 4.74 Å². The fraction of sp³-hybridized carbons (Fsp3) is 0.0800. The van der Waals surface area contributed by atoms with Gasteiger partial charge in [0.05, 0.1) is 22.5 Å². The Morgan fingerprint density at radius 3 is 2.27 bits per heavy atom. The van der Waals surface area contributed by atoms with E-state index in [0.717, 1.165) is 42.8 Å². The number of ether oxygens (including phenoxy) is 1. The molecular formula is C25H17N3OS. The third-order valence-electron chi connectivity index (χ3n) is 4.96. The largest absolute Gasteiger partial charge is 0.477 e. The molecule has 5 aromatic rings. The molecule has 0 amide bonds. The summed E-state index contributed by atoms with van der Waals surface area (Å²) in [4.78, 5) is 10.5. The molecule has 30 heavy (non-hydrogen) atoms. The van der Waals surface area contributed by atoms with Crippen LogP contribution in [0.3, 0.4) is 0 Å². The molecule has 0 N–H and O–H groups in total. The zero-order valence-corrected chi connectivity index (χ0v) is 17.1. The van der Waals surface area contributed by atoms with Gasteiger partial charge in [0, 0.05) is 16.5 Å². The van der Waals surface area contributed by atoms with Gasteiger partial charge in [-0.1, -0.05) is 60.7 Å². The van der Waals surface area contributed by atoms with E-state index in [0.29, 0.717) is 18.1 Å². The Morgan fingerprint density at radius 2 is 1.60 bits per heavy atom. The molecule has 2 aromatic carbocycles. The van der Waals surface area contributed by atoms with E-state index in [9.17, 15) is 5.26 Å². The van der Waals surface area contributed by atoms with Crippen LogP contribution in [0.15, 0.2) is 72.8 Å². The molecule has 144 valence electrons. The minimum atomic E-state index is 0.376. The molecule has 0 spiro atoms. The molecule has 3 aromatic heterocycles. The number of nitriles is 1. The van der Waals surface area contributed by atoms with Crippen molar-refractivity contribution in [3.63, 3.8) is 0 Å². The van der Waals surface area contributed by atoms with Gasteiger partial charge in [-0.25, -0.2) is 9.97 Å². The molecule has 5 rings (SSSR count). The normalized spacial score (nSPS) is 10.9. The Balaban J connectivity index is 1.90. The van der Waals surface area contributed by atoms with E-state index >= 15 is 0 Å². The standard InChI is InChI=1S/C25H17N3OS/c1-2-29-24-18(15-26)21(17-11-7-4-8-12-17)22-23-20(30-25(22)28-24)14-13-19(27-23)16-9-5-3-6-10-16/h3-14H,2H2,1H3. The van der Waals surface area contributed by atoms with Crippen molar-refractivity contribution in [2.24, 2.45) is 0 Å². The summed E-state index contributed by atoms with van der Waals surface area (Å²) in [6, 6.07) is 26.5. The summed E-state index contributed by atoms with van der Waals surface area (Å²) in [5, 5.41) is 10.9. The van der Waals surface area contributed by atoms with Gasteiger partial charge in [-0.15, -0.1) is 11.3 Å². The molecule has 0 saturated heterocycles. The fourth-order valence-electron chi connectivity index (χ4n) is 3.66. The molecule has 0 saturated carbocycles. The zero-order chi connectivity index (χ0) is 20.5. The molecule has 0 aliphatic rings. The summed E-state index contributed by atoms with van der Waals surface area (Å²) in [7, 11) is 0. The molecule has 0 bridgehead atoms. The monoisotopic (exact) mass is 407 g/mol. The van der Waals surface area contributed by atoms with Crippen molar-refractivity contribution in [2.75, 3.05) is 6.61 Å². The van der Waals surface area contributed by atoms with E-state index in [-0.39, 0.29) is 0 Å². The third-order valence-corrected chi connectivity index (χ3v) is 6.00. The van der Waals surface area contributed by atoms with Crippen LogP contribution in [0, 0.1) is 11.3 Å². The van der Waals surface area contributed by atoms with Crippen LogP contribution in [0.5, 0.6) is 5.88 Å². The Hall–Kier alpha value is -3.75. The molecule has 0 aliphatic heterocycles. The second kappa shape index (κ2) is 7.58. The summed E-state index contributed by atoms with van der Waals surface area (Å²) in [5.41, 5.74) is 5.04. The molecule has 0 radical (unpaired) electrons. The molecule has 0 unspecified atom stereocenters. The molecule has 0 aliphatic carbocycles. The molecular weight excluding hydrogens is 390 g/mol. The summed E-state index contributed by atoms with van der Waals surface area (Å²) in [6.07, 6.45) is 0. The summed E-state index contributed by atoms with van der Waals surface area (Å²) in [5.74, 6) is 0.376. The highest BCUT2D eigenvalue weighted by Crippen LogP contribution is 2.43. The zero-order valence-electron chi connectivity index (χ0n) is 16.3. The topological polar surface area (TPSA) is 58.8 Å². The van der Waals surface area contributed by atoms with Gasteiger partial charge in [0.1, 0.15) is 16.5 Å². The maximum Gasteiger partial charge on any atom is 0.233 e. The summed E-state index contributed by atoms with van der Waals surface area (Å²) in [6.45, 7) is 2.34. The lowest BCUT2D eigenvalue weighted by Crippen LogP contribution is -2.00. The maximum absolute atomic E-state index is 10.0. The predicted octanol–water partition coefficient (Wildman–Crippen LogP) is 6.45. The van der Waals surface area contributed by atoms with Gasteiger partial charge in [-0.05, 0) is 24.6 Å². The second-order valence-corrected chi connectivity index (χ2v) is 7.80. The first-order valence-corrected chi connectivity index (χ1v) is 10.5. The van der Waals surface area contributed by atoms with Crippen LogP contribution in [-0.2, 0) is 0 Å². The van der Waals surface area contributed by atoms with Gasteiger partial charge in [0.2, 0.25) is 5.88 Å². The van der Waals surface area contributed by atoms with Crippen LogP contribution >= 0.6 is 11.3 Å². The number of hydrogen-bond acceptors (Lipinski definition) is 5. The number of thiophene rings is 1. The number of nitrogens with zero attached hydrogens (tertiary/aromatic N) is 3. The Bertz CT molecular complexity index is 1400. The van der Waals surface area contributed by atoms with Crippen LogP contribution in [0.4, 0.5) is 0 Å². The predicted molar refractivity (Wildman–Crippen MR) is 122 cm³/mol.